The van der Waals surface area contributed by atoms with Crippen LogP contribution >= 0.6 is 0 Å². The lowest BCUT2D eigenvalue weighted by molar-refractivity contribution is -0.136. The molecule has 0 radical (unpaired) electrons. The van der Waals surface area contributed by atoms with Crippen molar-refractivity contribution in [3.05, 3.63) is 83.9 Å². The van der Waals surface area contributed by atoms with E-state index in [2.05, 4.69) is 11.1 Å². The first kappa shape index (κ1) is 18.7. The van der Waals surface area contributed by atoms with Gasteiger partial charge in [-0.2, -0.15) is 0 Å². The lowest BCUT2D eigenvalue weighted by Crippen LogP contribution is -2.04. The number of carboxylic acid groups (broad SMARTS) is 1. The van der Waals surface area contributed by atoms with Crippen LogP contribution in [0.4, 0.5) is 0 Å². The molecule has 146 valence electrons. The minimum atomic E-state index is -0.895. The first-order chi connectivity index (χ1) is 14.1. The van der Waals surface area contributed by atoms with E-state index in [-0.39, 0.29) is 13.0 Å². The van der Waals surface area contributed by atoms with E-state index < -0.39 is 5.97 Å². The Kier molecular flexibility index (Phi) is 5.27. The molecule has 4 aromatic rings. The number of pyridine rings is 1. The summed E-state index contributed by atoms with van der Waals surface area (Å²) in [6.45, 7) is 0.661. The van der Waals surface area contributed by atoms with Gasteiger partial charge in [0.1, 0.15) is 17.9 Å². The number of benzene rings is 2. The van der Waals surface area contributed by atoms with E-state index >= 15 is 0 Å². The number of nitrogens with two attached hydrogens (primary N) is 1. The van der Waals surface area contributed by atoms with Crippen LogP contribution < -0.4 is 10.5 Å². The lowest BCUT2D eigenvalue weighted by Gasteiger charge is -2.10. The third-order valence-corrected chi connectivity index (χ3v) is 4.71. The van der Waals surface area contributed by atoms with E-state index in [4.69, 9.17) is 20.0 Å². The molecule has 0 bridgehead atoms. The van der Waals surface area contributed by atoms with Gasteiger partial charge in [0.05, 0.1) is 18.4 Å². The number of aromatic nitrogens is 1. The Balaban J connectivity index is 1.61. The molecule has 0 fully saturated rings. The Bertz CT molecular complexity index is 1170. The summed E-state index contributed by atoms with van der Waals surface area (Å²) in [6.07, 6.45) is 3.34. The largest absolute Gasteiger partial charge is 0.488 e. The molecule has 6 nitrogen and oxygen atoms in total. The first-order valence-corrected chi connectivity index (χ1v) is 9.22. The molecule has 0 aliphatic heterocycles. The number of hydrogen-bond donors (Lipinski definition) is 2. The third-order valence-electron chi connectivity index (χ3n) is 4.71. The summed E-state index contributed by atoms with van der Waals surface area (Å²) < 4.78 is 11.6. The molecule has 4 rings (SSSR count). The Morgan fingerprint density at radius 1 is 1.07 bits per heavy atom. The number of ether oxygens (including phenoxy) is 1. The topological polar surface area (TPSA) is 98.6 Å². The third kappa shape index (κ3) is 4.12. The van der Waals surface area contributed by atoms with E-state index in [0.29, 0.717) is 17.9 Å². The fourth-order valence-electron chi connectivity index (χ4n) is 3.25. The minimum absolute atomic E-state index is 0.0853. The zero-order valence-electron chi connectivity index (χ0n) is 15.7. The highest BCUT2D eigenvalue weighted by Gasteiger charge is 2.12. The van der Waals surface area contributed by atoms with Crippen molar-refractivity contribution in [1.29, 1.82) is 0 Å². The van der Waals surface area contributed by atoms with Gasteiger partial charge in [-0.3, -0.25) is 9.78 Å². The second-order valence-electron chi connectivity index (χ2n) is 6.68. The van der Waals surface area contributed by atoms with Crippen molar-refractivity contribution in [3.8, 4) is 16.9 Å². The second kappa shape index (κ2) is 8.16. The van der Waals surface area contributed by atoms with E-state index in [9.17, 15) is 4.79 Å². The lowest BCUT2D eigenvalue weighted by atomic mass is 10.0. The minimum Gasteiger partial charge on any atom is -0.488 e. The molecule has 0 aliphatic rings. The molecule has 2 aromatic carbocycles. The molecular weight excluding hydrogens is 368 g/mol. The Labute approximate surface area is 167 Å². The summed E-state index contributed by atoms with van der Waals surface area (Å²) in [7, 11) is 0. The number of carboxylic acids is 1. The Morgan fingerprint density at radius 2 is 1.90 bits per heavy atom. The molecule has 2 heterocycles. The number of fused-ring (bicyclic) bond motifs is 1. The maximum absolute atomic E-state index is 11.1. The zero-order chi connectivity index (χ0) is 20.2. The SMILES string of the molecule is NCc1cc(-c2ccc3occ(COc4ccccc4CC(=O)O)c3c2)ccn1. The van der Waals surface area contributed by atoms with Gasteiger partial charge in [-0.1, -0.05) is 24.3 Å². The van der Waals surface area contributed by atoms with Crippen molar-refractivity contribution >= 4 is 16.9 Å². The van der Waals surface area contributed by atoms with E-state index in [1.54, 1.807) is 30.7 Å². The summed E-state index contributed by atoms with van der Waals surface area (Å²) in [5.74, 6) is -0.337. The van der Waals surface area contributed by atoms with Crippen LogP contribution in [0.25, 0.3) is 22.1 Å². The number of rotatable bonds is 7. The molecule has 0 amide bonds. The molecule has 0 saturated carbocycles. The van der Waals surface area contributed by atoms with Crippen molar-refractivity contribution < 1.29 is 19.1 Å². The maximum atomic E-state index is 11.1. The molecule has 0 saturated heterocycles. The molecular formula is C23H20N2O4. The molecule has 3 N–H and O–H groups in total. The van der Waals surface area contributed by atoms with Crippen molar-refractivity contribution in [2.75, 3.05) is 0 Å². The highest BCUT2D eigenvalue weighted by Crippen LogP contribution is 2.29. The molecule has 6 heteroatoms. The number of nitrogens with zero attached hydrogens (tertiary/aromatic N) is 1. The zero-order valence-corrected chi connectivity index (χ0v) is 15.7. The van der Waals surface area contributed by atoms with Crippen LogP contribution in [-0.2, 0) is 24.4 Å². The van der Waals surface area contributed by atoms with Crippen molar-refractivity contribution in [2.24, 2.45) is 5.73 Å². The van der Waals surface area contributed by atoms with Gasteiger partial charge in [0.25, 0.3) is 0 Å². The summed E-state index contributed by atoms with van der Waals surface area (Å²) in [5, 5.41) is 10.0. The summed E-state index contributed by atoms with van der Waals surface area (Å²) in [6, 6.07) is 17.0. The smallest absolute Gasteiger partial charge is 0.307 e. The molecule has 0 atom stereocenters. The van der Waals surface area contributed by atoms with E-state index in [0.717, 1.165) is 33.4 Å². The molecule has 0 spiro atoms. The monoisotopic (exact) mass is 388 g/mol. The van der Waals surface area contributed by atoms with Crippen LogP contribution in [0, 0.1) is 0 Å². The van der Waals surface area contributed by atoms with Crippen LogP contribution in [0.2, 0.25) is 0 Å². The van der Waals surface area contributed by atoms with E-state index in [1.807, 2.05) is 30.3 Å². The van der Waals surface area contributed by atoms with Crippen LogP contribution in [0.1, 0.15) is 16.8 Å². The second-order valence-corrected chi connectivity index (χ2v) is 6.68. The molecule has 0 aliphatic carbocycles. The molecule has 29 heavy (non-hydrogen) atoms. The number of aliphatic carboxylic acids is 1. The fourth-order valence-corrected chi connectivity index (χ4v) is 3.25. The van der Waals surface area contributed by atoms with Crippen LogP contribution in [0.15, 0.2) is 71.5 Å². The Hall–Kier alpha value is -3.64. The highest BCUT2D eigenvalue weighted by atomic mass is 16.5. The van der Waals surface area contributed by atoms with Gasteiger partial charge in [-0.05, 0) is 41.5 Å². The standard InChI is InChI=1S/C23H20N2O4/c24-12-19-9-16(7-8-25-19)15-5-6-22-20(10-15)18(14-29-22)13-28-21-4-2-1-3-17(21)11-23(26)27/h1-10,14H,11-13,24H2,(H,26,27). The number of carbonyl (C=O) groups is 1. The van der Waals surface area contributed by atoms with Crippen molar-refractivity contribution in [2.45, 2.75) is 19.6 Å². The average Bonchev–Trinajstić information content (AvgIpc) is 3.15. The predicted octanol–water partition coefficient (Wildman–Crippen LogP) is 4.16. The van der Waals surface area contributed by atoms with Gasteiger partial charge >= 0.3 is 5.97 Å². The average molecular weight is 388 g/mol. The fraction of sp³-hybridized carbons (Fsp3) is 0.130. The van der Waals surface area contributed by atoms with Gasteiger partial charge in [-0.15, -0.1) is 0 Å². The predicted molar refractivity (Wildman–Crippen MR) is 109 cm³/mol. The first-order valence-electron chi connectivity index (χ1n) is 9.22. The quantitative estimate of drug-likeness (QED) is 0.493. The maximum Gasteiger partial charge on any atom is 0.307 e. The Morgan fingerprint density at radius 3 is 2.72 bits per heavy atom. The summed E-state index contributed by atoms with van der Waals surface area (Å²) in [5.41, 5.74) is 10.9. The number of furan rings is 1. The van der Waals surface area contributed by atoms with Gasteiger partial charge in [-0.25, -0.2) is 0 Å². The highest BCUT2D eigenvalue weighted by molar-refractivity contribution is 5.86. The van der Waals surface area contributed by atoms with Gasteiger partial charge in [0.15, 0.2) is 0 Å². The van der Waals surface area contributed by atoms with Gasteiger partial charge in [0.2, 0.25) is 0 Å². The van der Waals surface area contributed by atoms with Crippen LogP contribution in [0.5, 0.6) is 5.75 Å². The summed E-state index contributed by atoms with van der Waals surface area (Å²) in [4.78, 5) is 15.3. The summed E-state index contributed by atoms with van der Waals surface area (Å²) >= 11 is 0. The van der Waals surface area contributed by atoms with Crippen molar-refractivity contribution in [1.82, 2.24) is 4.98 Å². The van der Waals surface area contributed by atoms with Gasteiger partial charge in [0, 0.05) is 29.3 Å². The molecule has 2 aromatic heterocycles. The van der Waals surface area contributed by atoms with Crippen LogP contribution in [-0.4, -0.2) is 16.1 Å². The number of hydrogen-bond acceptors (Lipinski definition) is 5. The number of para-hydroxylation sites is 1. The van der Waals surface area contributed by atoms with Crippen molar-refractivity contribution in [3.63, 3.8) is 0 Å². The molecule has 0 unspecified atom stereocenters. The van der Waals surface area contributed by atoms with Crippen LogP contribution in [0.3, 0.4) is 0 Å². The van der Waals surface area contributed by atoms with E-state index in [1.165, 1.54) is 0 Å². The normalized spacial score (nSPS) is 10.9. The van der Waals surface area contributed by atoms with Gasteiger partial charge < -0.3 is 20.0 Å².